The summed E-state index contributed by atoms with van der Waals surface area (Å²) in [6, 6.07) is 14.1. The number of hydrogen-bond acceptors (Lipinski definition) is 5. The van der Waals surface area contributed by atoms with Crippen LogP contribution in [0.3, 0.4) is 0 Å². The molecule has 1 N–H and O–H groups in total. The summed E-state index contributed by atoms with van der Waals surface area (Å²) >= 11 is 6.96. The van der Waals surface area contributed by atoms with Crippen molar-refractivity contribution in [3.8, 4) is 11.5 Å². The highest BCUT2D eigenvalue weighted by Crippen LogP contribution is 2.21. The molecule has 4 rings (SSSR count). The fourth-order valence-electron chi connectivity index (χ4n) is 2.68. The van der Waals surface area contributed by atoms with Gasteiger partial charge in [0.25, 0.3) is 4.84 Å². The molecule has 0 amide bonds. The number of rotatable bonds is 5. The van der Waals surface area contributed by atoms with E-state index < -0.39 is 0 Å². The average Bonchev–Trinajstić information content (AvgIpc) is 3.18. The van der Waals surface area contributed by atoms with E-state index in [2.05, 4.69) is 23.2 Å². The zero-order valence-electron chi connectivity index (χ0n) is 14.0. The van der Waals surface area contributed by atoms with Gasteiger partial charge in [-0.3, -0.25) is 0 Å². The van der Waals surface area contributed by atoms with Gasteiger partial charge >= 0.3 is 0 Å². The predicted octanol–water partition coefficient (Wildman–Crippen LogP) is 3.29. The highest BCUT2D eigenvalue weighted by molar-refractivity contribution is 7.71. The van der Waals surface area contributed by atoms with E-state index in [1.54, 1.807) is 28.2 Å². The van der Waals surface area contributed by atoms with Crippen molar-refractivity contribution in [2.45, 2.75) is 13.2 Å². The standard InChI is InChI=1S/C18H15FN4OS2/c1-22(10-16-20-14-4-2-3-5-15(14)26-16)11-23-18(25)24-17(21-23)12-6-8-13(19)9-7-12/h2-9H,10-11H2,1H3/p+1. The summed E-state index contributed by atoms with van der Waals surface area (Å²) in [7, 11) is 2.06. The van der Waals surface area contributed by atoms with Crippen LogP contribution in [0.4, 0.5) is 4.39 Å². The second kappa shape index (κ2) is 7.06. The molecule has 4 aromatic rings. The Balaban J connectivity index is 1.49. The van der Waals surface area contributed by atoms with E-state index in [9.17, 15) is 4.39 Å². The van der Waals surface area contributed by atoms with Crippen LogP contribution >= 0.6 is 23.6 Å². The zero-order chi connectivity index (χ0) is 18.1. The Labute approximate surface area is 158 Å². The quantitative estimate of drug-likeness (QED) is 0.534. The number of nitrogens with zero attached hydrogens (tertiary/aromatic N) is 3. The number of fused-ring (bicyclic) bond motifs is 1. The first kappa shape index (κ1) is 17.0. The number of halogens is 1. The van der Waals surface area contributed by atoms with Crippen LogP contribution in [0.25, 0.3) is 21.7 Å². The summed E-state index contributed by atoms with van der Waals surface area (Å²) in [5.41, 5.74) is 1.72. The van der Waals surface area contributed by atoms with Crippen molar-refractivity contribution in [3.63, 3.8) is 0 Å². The van der Waals surface area contributed by atoms with E-state index in [4.69, 9.17) is 16.6 Å². The van der Waals surface area contributed by atoms with Gasteiger partial charge in [0.2, 0.25) is 5.89 Å². The Morgan fingerprint density at radius 1 is 1.19 bits per heavy atom. The SMILES string of the molecule is C[NH+](Cc1nc2ccccc2s1)Cn1nc(-c2ccc(F)cc2)oc1=S. The average molecular weight is 387 g/mol. The van der Waals surface area contributed by atoms with Gasteiger partial charge in [0, 0.05) is 5.56 Å². The van der Waals surface area contributed by atoms with Gasteiger partial charge in [-0.2, -0.15) is 4.68 Å². The van der Waals surface area contributed by atoms with Crippen molar-refractivity contribution in [2.24, 2.45) is 0 Å². The monoisotopic (exact) mass is 387 g/mol. The van der Waals surface area contributed by atoms with E-state index in [0.717, 1.165) is 17.1 Å². The molecule has 0 aliphatic heterocycles. The maximum Gasteiger partial charge on any atom is 0.292 e. The fraction of sp³-hybridized carbons (Fsp3) is 0.167. The topological polar surface area (TPSA) is 48.3 Å². The Morgan fingerprint density at radius 2 is 1.96 bits per heavy atom. The summed E-state index contributed by atoms with van der Waals surface area (Å²) < 4.78 is 21.5. The van der Waals surface area contributed by atoms with Crippen molar-refractivity contribution >= 4 is 33.8 Å². The third-order valence-electron chi connectivity index (χ3n) is 3.91. The number of para-hydroxylation sites is 1. The van der Waals surface area contributed by atoms with Crippen LogP contribution in [-0.2, 0) is 13.2 Å². The van der Waals surface area contributed by atoms with Crippen LogP contribution in [0.15, 0.2) is 52.9 Å². The van der Waals surface area contributed by atoms with Gasteiger partial charge in [0.15, 0.2) is 6.67 Å². The van der Waals surface area contributed by atoms with Crippen molar-refractivity contribution < 1.29 is 13.7 Å². The van der Waals surface area contributed by atoms with Crippen molar-refractivity contribution in [1.29, 1.82) is 0 Å². The molecular weight excluding hydrogens is 371 g/mol. The van der Waals surface area contributed by atoms with Crippen LogP contribution < -0.4 is 4.90 Å². The minimum absolute atomic E-state index is 0.299. The lowest BCUT2D eigenvalue weighted by atomic mass is 10.2. The molecule has 0 spiro atoms. The number of nitrogens with one attached hydrogen (secondary N) is 1. The van der Waals surface area contributed by atoms with Crippen LogP contribution in [-0.4, -0.2) is 21.8 Å². The summed E-state index contributed by atoms with van der Waals surface area (Å²) in [5, 5.41) is 5.49. The summed E-state index contributed by atoms with van der Waals surface area (Å²) in [6.45, 7) is 1.32. The second-order valence-corrected chi connectivity index (χ2v) is 7.51. The molecule has 8 heteroatoms. The molecule has 1 atom stereocenters. The van der Waals surface area contributed by atoms with Crippen molar-refractivity contribution in [2.75, 3.05) is 7.05 Å². The Kier molecular flexibility index (Phi) is 4.62. The van der Waals surface area contributed by atoms with E-state index in [1.165, 1.54) is 21.7 Å². The van der Waals surface area contributed by atoms with Crippen molar-refractivity contribution in [3.05, 3.63) is 64.2 Å². The van der Waals surface area contributed by atoms with Gasteiger partial charge in [-0.15, -0.1) is 16.4 Å². The first-order valence-electron chi connectivity index (χ1n) is 8.08. The van der Waals surface area contributed by atoms with Gasteiger partial charge < -0.3 is 9.32 Å². The van der Waals surface area contributed by atoms with Gasteiger partial charge in [-0.1, -0.05) is 12.1 Å². The molecule has 0 fully saturated rings. The highest BCUT2D eigenvalue weighted by atomic mass is 32.1. The number of aromatic nitrogens is 3. The van der Waals surface area contributed by atoms with Gasteiger partial charge in [0.1, 0.15) is 17.4 Å². The Bertz CT molecular complexity index is 1070. The first-order valence-corrected chi connectivity index (χ1v) is 9.30. The van der Waals surface area contributed by atoms with E-state index in [-0.39, 0.29) is 5.82 Å². The number of benzene rings is 2. The minimum atomic E-state index is -0.299. The molecule has 0 bridgehead atoms. The van der Waals surface area contributed by atoms with E-state index in [0.29, 0.717) is 23.0 Å². The minimum Gasteiger partial charge on any atom is -0.409 e. The van der Waals surface area contributed by atoms with Gasteiger partial charge in [-0.25, -0.2) is 9.37 Å². The molecule has 0 saturated carbocycles. The van der Waals surface area contributed by atoms with Crippen LogP contribution in [0.5, 0.6) is 0 Å². The highest BCUT2D eigenvalue weighted by Gasteiger charge is 2.14. The van der Waals surface area contributed by atoms with Crippen LogP contribution in [0.2, 0.25) is 0 Å². The third-order valence-corrected chi connectivity index (χ3v) is 5.24. The lowest BCUT2D eigenvalue weighted by molar-refractivity contribution is -0.917. The number of thiazole rings is 1. The maximum atomic E-state index is 13.1. The molecule has 0 aliphatic rings. The zero-order valence-corrected chi connectivity index (χ0v) is 15.6. The predicted molar refractivity (Wildman–Crippen MR) is 101 cm³/mol. The summed E-state index contributed by atoms with van der Waals surface area (Å²) in [6.07, 6.45) is 0. The molecule has 2 aromatic heterocycles. The van der Waals surface area contributed by atoms with Crippen LogP contribution in [0, 0.1) is 10.7 Å². The summed E-state index contributed by atoms with van der Waals surface area (Å²) in [4.78, 5) is 6.14. The molecule has 26 heavy (non-hydrogen) atoms. The second-order valence-electron chi connectivity index (χ2n) is 6.05. The van der Waals surface area contributed by atoms with Gasteiger partial charge in [0.05, 0.1) is 17.3 Å². The largest absolute Gasteiger partial charge is 0.409 e. The molecule has 2 aromatic carbocycles. The lowest BCUT2D eigenvalue weighted by Gasteiger charge is -2.11. The van der Waals surface area contributed by atoms with Gasteiger partial charge in [-0.05, 0) is 48.6 Å². The van der Waals surface area contributed by atoms with E-state index >= 15 is 0 Å². The molecular formula is C18H16FN4OS2+. The van der Waals surface area contributed by atoms with Crippen LogP contribution in [0.1, 0.15) is 5.01 Å². The molecule has 2 heterocycles. The third kappa shape index (κ3) is 3.57. The molecule has 0 radical (unpaired) electrons. The normalized spacial score (nSPS) is 12.5. The molecule has 1 unspecified atom stereocenters. The maximum absolute atomic E-state index is 13.1. The first-order chi connectivity index (χ1) is 12.6. The molecule has 0 aliphatic carbocycles. The summed E-state index contributed by atoms with van der Waals surface area (Å²) in [5.74, 6) is 0.0922. The van der Waals surface area contributed by atoms with E-state index in [1.807, 2.05) is 18.2 Å². The smallest absolute Gasteiger partial charge is 0.292 e. The molecule has 132 valence electrons. The number of hydrogen-bond donors (Lipinski definition) is 1. The molecule has 5 nitrogen and oxygen atoms in total. The molecule has 0 saturated heterocycles. The Hall–Kier alpha value is -2.42. The Morgan fingerprint density at radius 3 is 2.73 bits per heavy atom. The van der Waals surface area contributed by atoms with Crippen molar-refractivity contribution in [1.82, 2.24) is 14.8 Å². The number of quaternary nitrogens is 1. The fourth-order valence-corrected chi connectivity index (χ4v) is 3.95. The lowest BCUT2D eigenvalue weighted by Crippen LogP contribution is -3.07.